The summed E-state index contributed by atoms with van der Waals surface area (Å²) in [6, 6.07) is 5.53. The molecule has 1 rings (SSSR count). The van der Waals surface area contributed by atoms with Crippen LogP contribution in [-0.2, 0) is 0 Å². The van der Waals surface area contributed by atoms with Gasteiger partial charge in [0.2, 0.25) is 0 Å². The monoisotopic (exact) mass is 151 g/mol. The van der Waals surface area contributed by atoms with E-state index in [-0.39, 0.29) is 17.4 Å². The second-order valence-corrected chi connectivity index (χ2v) is 2.79. The molecule has 2 heteroatoms. The van der Waals surface area contributed by atoms with Gasteiger partial charge in [-0.1, -0.05) is 13.8 Å². The lowest BCUT2D eigenvalue weighted by molar-refractivity contribution is 0.433. The number of rotatable bonds is 1. The van der Waals surface area contributed by atoms with Gasteiger partial charge in [0.15, 0.2) is 0 Å². The maximum atomic E-state index is 9.27. The second-order valence-electron chi connectivity index (χ2n) is 2.79. The third-order valence-electron chi connectivity index (χ3n) is 1.57. The number of phenols is 2. The molecule has 1 aromatic rings. The smallest absolute Gasteiger partial charge is 0.123 e. The number of hydrogen-bond donors (Lipinski definition) is 2. The quantitative estimate of drug-likeness (QED) is 0.644. The Morgan fingerprint density at radius 2 is 1.64 bits per heavy atom. The Bertz CT molecular complexity index is 233. The van der Waals surface area contributed by atoms with E-state index in [1.807, 2.05) is 13.8 Å². The Morgan fingerprint density at radius 3 is 1.91 bits per heavy atom. The van der Waals surface area contributed by atoms with Crippen molar-refractivity contribution in [2.75, 3.05) is 0 Å². The van der Waals surface area contributed by atoms with Gasteiger partial charge in [0.1, 0.15) is 11.5 Å². The Hall–Kier alpha value is -1.18. The van der Waals surface area contributed by atoms with Gasteiger partial charge in [0, 0.05) is 5.56 Å². The van der Waals surface area contributed by atoms with Crippen LogP contribution in [0.5, 0.6) is 11.5 Å². The minimum atomic E-state index is 0.111. The van der Waals surface area contributed by atoms with Crippen LogP contribution < -0.4 is 0 Å². The lowest BCUT2D eigenvalue weighted by Gasteiger charge is -2.08. The van der Waals surface area contributed by atoms with Gasteiger partial charge in [-0.05, 0) is 24.1 Å². The first-order valence-corrected chi connectivity index (χ1v) is 3.55. The van der Waals surface area contributed by atoms with E-state index in [4.69, 9.17) is 0 Å². The van der Waals surface area contributed by atoms with Gasteiger partial charge in [-0.2, -0.15) is 0 Å². The molecule has 0 atom stereocenters. The van der Waals surface area contributed by atoms with Crippen molar-refractivity contribution < 1.29 is 10.2 Å². The molecule has 0 aliphatic carbocycles. The molecule has 1 aromatic carbocycles. The average molecular weight is 151 g/mol. The standard InChI is InChI=1S/C9H11O2/c1-6(2)9-7(10)4-3-5-8(9)11/h4-6,10-11H,1-2H3. The van der Waals surface area contributed by atoms with Crippen molar-refractivity contribution in [3.8, 4) is 11.5 Å². The van der Waals surface area contributed by atoms with E-state index in [2.05, 4.69) is 6.07 Å². The van der Waals surface area contributed by atoms with Gasteiger partial charge < -0.3 is 10.2 Å². The first-order valence-electron chi connectivity index (χ1n) is 3.55. The van der Waals surface area contributed by atoms with E-state index in [0.717, 1.165) is 0 Å². The predicted molar refractivity (Wildman–Crippen MR) is 42.7 cm³/mol. The van der Waals surface area contributed by atoms with E-state index < -0.39 is 0 Å². The minimum Gasteiger partial charge on any atom is -0.507 e. The summed E-state index contributed by atoms with van der Waals surface area (Å²) in [5.74, 6) is 0.351. The van der Waals surface area contributed by atoms with Crippen LogP contribution in [0, 0.1) is 6.07 Å². The number of phenolic OH excluding ortho intramolecular Hbond substituents is 2. The molecule has 0 aliphatic heterocycles. The Kier molecular flexibility index (Phi) is 2.03. The van der Waals surface area contributed by atoms with Crippen LogP contribution in [-0.4, -0.2) is 10.2 Å². The Morgan fingerprint density at radius 1 is 1.18 bits per heavy atom. The maximum absolute atomic E-state index is 9.27. The van der Waals surface area contributed by atoms with E-state index in [9.17, 15) is 10.2 Å². The van der Waals surface area contributed by atoms with E-state index in [1.54, 1.807) is 0 Å². The van der Waals surface area contributed by atoms with Crippen molar-refractivity contribution in [2.24, 2.45) is 0 Å². The molecule has 2 N–H and O–H groups in total. The largest absolute Gasteiger partial charge is 0.507 e. The second kappa shape index (κ2) is 2.82. The van der Waals surface area contributed by atoms with Crippen LogP contribution in [0.4, 0.5) is 0 Å². The van der Waals surface area contributed by atoms with E-state index in [0.29, 0.717) is 5.56 Å². The highest BCUT2D eigenvalue weighted by Gasteiger charge is 2.09. The SMILES string of the molecule is CC(C)c1c(O)c[c]cc1O. The van der Waals surface area contributed by atoms with Crippen molar-refractivity contribution in [3.63, 3.8) is 0 Å². The van der Waals surface area contributed by atoms with Crippen LogP contribution in [0.2, 0.25) is 0 Å². The van der Waals surface area contributed by atoms with E-state index in [1.165, 1.54) is 12.1 Å². The molecule has 0 amide bonds. The molecular formula is C9H11O2. The van der Waals surface area contributed by atoms with Gasteiger partial charge in [0.05, 0.1) is 0 Å². The minimum absolute atomic E-state index is 0.111. The molecule has 0 spiro atoms. The van der Waals surface area contributed by atoms with Crippen LogP contribution in [0.25, 0.3) is 0 Å². The van der Waals surface area contributed by atoms with E-state index >= 15 is 0 Å². The number of aromatic hydroxyl groups is 2. The van der Waals surface area contributed by atoms with Crippen LogP contribution >= 0.6 is 0 Å². The zero-order valence-corrected chi connectivity index (χ0v) is 6.63. The Balaban J connectivity index is 3.21. The van der Waals surface area contributed by atoms with Crippen molar-refractivity contribution in [3.05, 3.63) is 23.8 Å². The molecule has 0 bridgehead atoms. The molecule has 1 radical (unpaired) electrons. The summed E-state index contributed by atoms with van der Waals surface area (Å²) in [5, 5.41) is 18.5. The third-order valence-corrected chi connectivity index (χ3v) is 1.57. The van der Waals surface area contributed by atoms with Crippen molar-refractivity contribution in [1.29, 1.82) is 0 Å². The fourth-order valence-electron chi connectivity index (χ4n) is 1.08. The highest BCUT2D eigenvalue weighted by atomic mass is 16.3. The van der Waals surface area contributed by atoms with Gasteiger partial charge in [-0.3, -0.25) is 0 Å². The summed E-state index contributed by atoms with van der Waals surface area (Å²) < 4.78 is 0. The normalized spacial score (nSPS) is 10.5. The molecule has 59 valence electrons. The first-order chi connectivity index (χ1) is 5.13. The molecule has 0 saturated carbocycles. The molecule has 0 saturated heterocycles. The molecule has 0 unspecified atom stereocenters. The fourth-order valence-corrected chi connectivity index (χ4v) is 1.08. The summed E-state index contributed by atoms with van der Waals surface area (Å²) in [7, 11) is 0. The summed E-state index contributed by atoms with van der Waals surface area (Å²) >= 11 is 0. The van der Waals surface area contributed by atoms with Crippen LogP contribution in [0.3, 0.4) is 0 Å². The lowest BCUT2D eigenvalue weighted by Crippen LogP contribution is -1.88. The topological polar surface area (TPSA) is 40.5 Å². The van der Waals surface area contributed by atoms with Gasteiger partial charge in [0.25, 0.3) is 0 Å². The maximum Gasteiger partial charge on any atom is 0.123 e. The van der Waals surface area contributed by atoms with Crippen LogP contribution in [0.1, 0.15) is 25.3 Å². The summed E-state index contributed by atoms with van der Waals surface area (Å²) in [6.07, 6.45) is 0. The fraction of sp³-hybridized carbons (Fsp3) is 0.333. The van der Waals surface area contributed by atoms with Crippen molar-refractivity contribution >= 4 is 0 Å². The number of benzene rings is 1. The molecule has 0 aromatic heterocycles. The van der Waals surface area contributed by atoms with Crippen molar-refractivity contribution in [2.45, 2.75) is 19.8 Å². The molecular weight excluding hydrogens is 140 g/mol. The highest BCUT2D eigenvalue weighted by molar-refractivity contribution is 5.44. The summed E-state index contributed by atoms with van der Waals surface area (Å²) in [5.41, 5.74) is 0.587. The number of hydrogen-bond acceptors (Lipinski definition) is 2. The lowest BCUT2D eigenvalue weighted by atomic mass is 10.0. The molecule has 0 fully saturated rings. The predicted octanol–water partition coefficient (Wildman–Crippen LogP) is 2.02. The van der Waals surface area contributed by atoms with Gasteiger partial charge in [-0.15, -0.1) is 0 Å². The Labute approximate surface area is 66.1 Å². The van der Waals surface area contributed by atoms with Crippen LogP contribution in [0.15, 0.2) is 12.1 Å². The average Bonchev–Trinajstić information content (AvgIpc) is 1.85. The highest BCUT2D eigenvalue weighted by Crippen LogP contribution is 2.32. The molecule has 11 heavy (non-hydrogen) atoms. The molecule has 0 aliphatic rings. The summed E-state index contributed by atoms with van der Waals surface area (Å²) in [6.45, 7) is 3.82. The van der Waals surface area contributed by atoms with Gasteiger partial charge >= 0.3 is 0 Å². The molecule has 2 nitrogen and oxygen atoms in total. The first kappa shape index (κ1) is 7.92. The van der Waals surface area contributed by atoms with Gasteiger partial charge in [-0.25, -0.2) is 0 Å². The summed E-state index contributed by atoms with van der Waals surface area (Å²) in [4.78, 5) is 0. The zero-order valence-electron chi connectivity index (χ0n) is 6.63. The zero-order chi connectivity index (χ0) is 8.43. The van der Waals surface area contributed by atoms with Crippen molar-refractivity contribution in [1.82, 2.24) is 0 Å². The molecule has 0 heterocycles. The third kappa shape index (κ3) is 1.45.